The van der Waals surface area contributed by atoms with Gasteiger partial charge in [0.1, 0.15) is 0 Å². The third-order valence-corrected chi connectivity index (χ3v) is 32.0. The average Bonchev–Trinajstić information content (AvgIpc) is 3.26. The van der Waals surface area contributed by atoms with Gasteiger partial charge >= 0.3 is 201 Å². The first kappa shape index (κ1) is 22.6. The molecule has 0 aromatic heterocycles. The predicted octanol–water partition coefficient (Wildman–Crippen LogP) is 9.67. The van der Waals surface area contributed by atoms with Gasteiger partial charge in [-0.05, 0) is 0 Å². The van der Waals surface area contributed by atoms with Gasteiger partial charge in [-0.1, -0.05) is 0 Å². The number of unbranched alkanes of at least 4 members (excludes halogenated alkanes) is 2. The zero-order valence-corrected chi connectivity index (χ0v) is 24.6. The summed E-state index contributed by atoms with van der Waals surface area (Å²) in [6.07, 6.45) is 5.48. The van der Waals surface area contributed by atoms with Crippen LogP contribution in [0.4, 0.5) is 0 Å². The van der Waals surface area contributed by atoms with Gasteiger partial charge in [-0.3, -0.25) is 0 Å². The molecule has 5 rings (SSSR count). The van der Waals surface area contributed by atoms with E-state index in [9.17, 15) is 0 Å². The summed E-state index contributed by atoms with van der Waals surface area (Å²) in [4.78, 5) is 0. The molecule has 0 spiro atoms. The molecule has 2 atom stereocenters. The van der Waals surface area contributed by atoms with Crippen LogP contribution in [0.15, 0.2) is 59.7 Å². The Morgan fingerprint density at radius 1 is 0.688 bits per heavy atom. The third-order valence-electron chi connectivity index (χ3n) is 9.13. The Balaban J connectivity index is 1.89. The van der Waals surface area contributed by atoms with Crippen molar-refractivity contribution in [2.75, 3.05) is 0 Å². The van der Waals surface area contributed by atoms with E-state index in [4.69, 9.17) is 0 Å². The standard InChI is InChI=1S/C23H22.2C4H9.Hf/c1-15-13-17-9-5-7-11-19(17)21(15)23(3,4)22-16(2)14-18-10-6-8-12-20(18)22;2*1-3-4-2;/h5-14H,1-4H3;2*1,3-4H2,2H3;. The second-order valence-electron chi connectivity index (χ2n) is 11.2. The van der Waals surface area contributed by atoms with Crippen molar-refractivity contribution in [2.24, 2.45) is 5.41 Å². The second-order valence-corrected chi connectivity index (χ2v) is 27.8. The number of fused-ring (bicyclic) bond motifs is 8. The Hall–Kier alpha value is -1.21. The molecule has 2 aromatic carbocycles. The van der Waals surface area contributed by atoms with E-state index >= 15 is 0 Å². The van der Waals surface area contributed by atoms with Crippen LogP contribution in [0.1, 0.15) is 96.8 Å². The average molecular weight is 591 g/mol. The van der Waals surface area contributed by atoms with Crippen molar-refractivity contribution < 1.29 is 20.0 Å². The Bertz CT molecular complexity index is 1030. The van der Waals surface area contributed by atoms with Gasteiger partial charge in [-0.25, -0.2) is 0 Å². The van der Waals surface area contributed by atoms with Crippen LogP contribution in [-0.4, -0.2) is 0 Å². The summed E-state index contributed by atoms with van der Waals surface area (Å²) in [5.41, 5.74) is 13.5. The van der Waals surface area contributed by atoms with Gasteiger partial charge < -0.3 is 0 Å². The number of allylic oxidation sites excluding steroid dienone is 4. The van der Waals surface area contributed by atoms with Crippen LogP contribution in [-0.2, 0) is 20.0 Å². The van der Waals surface area contributed by atoms with Crippen LogP contribution < -0.4 is 0 Å². The minimum atomic E-state index is -3.02. The molecular formula is C31H40Hf. The van der Waals surface area contributed by atoms with Crippen LogP contribution in [0.25, 0.3) is 11.1 Å². The van der Waals surface area contributed by atoms with Crippen molar-refractivity contribution >= 4 is 11.1 Å². The van der Waals surface area contributed by atoms with E-state index in [1.165, 1.54) is 34.0 Å². The van der Waals surface area contributed by atoms with Gasteiger partial charge in [0.25, 0.3) is 0 Å². The maximum absolute atomic E-state index is 3.02. The molecule has 4 bridgehead atoms. The number of benzene rings is 2. The number of rotatable bonds is 6. The Morgan fingerprint density at radius 2 is 1.09 bits per heavy atom. The van der Waals surface area contributed by atoms with Crippen molar-refractivity contribution in [1.82, 2.24) is 0 Å². The van der Waals surface area contributed by atoms with Gasteiger partial charge in [0.15, 0.2) is 0 Å². The predicted molar refractivity (Wildman–Crippen MR) is 137 cm³/mol. The topological polar surface area (TPSA) is 0 Å². The Kier molecular flexibility index (Phi) is 5.80. The molecule has 0 saturated carbocycles. The summed E-state index contributed by atoms with van der Waals surface area (Å²) in [5, 5.41) is 0. The van der Waals surface area contributed by atoms with E-state index in [2.05, 4.69) is 90.1 Å². The first-order valence-electron chi connectivity index (χ1n) is 13.0. The maximum atomic E-state index is 2.54. The molecule has 32 heavy (non-hydrogen) atoms. The van der Waals surface area contributed by atoms with E-state index in [-0.39, 0.29) is 5.41 Å². The molecule has 0 nitrogen and oxygen atoms in total. The van der Waals surface area contributed by atoms with Gasteiger partial charge in [0, 0.05) is 0 Å². The van der Waals surface area contributed by atoms with Gasteiger partial charge in [0.05, 0.1) is 0 Å². The summed E-state index contributed by atoms with van der Waals surface area (Å²) in [5.74, 6) is 0. The Morgan fingerprint density at radius 3 is 1.50 bits per heavy atom. The number of hydrogen-bond donors (Lipinski definition) is 0. The van der Waals surface area contributed by atoms with E-state index in [1.54, 1.807) is 44.5 Å². The zero-order valence-electron chi connectivity index (χ0n) is 21.0. The fourth-order valence-corrected chi connectivity index (χ4v) is 35.3. The summed E-state index contributed by atoms with van der Waals surface area (Å²) in [7, 11) is 0. The summed E-state index contributed by atoms with van der Waals surface area (Å²) >= 11 is -3.02. The van der Waals surface area contributed by atoms with Crippen molar-refractivity contribution in [3.63, 3.8) is 0 Å². The van der Waals surface area contributed by atoms with Crippen molar-refractivity contribution in [3.05, 3.63) is 81.9 Å². The third kappa shape index (κ3) is 2.95. The van der Waals surface area contributed by atoms with Crippen LogP contribution in [0, 0.1) is 5.41 Å². The molecule has 2 aliphatic carbocycles. The van der Waals surface area contributed by atoms with Crippen molar-refractivity contribution in [1.29, 1.82) is 0 Å². The molecule has 0 N–H and O–H groups in total. The molecule has 0 radical (unpaired) electrons. The fraction of sp³-hybridized carbons (Fsp3) is 0.484. The minimum absolute atomic E-state index is 0.0549. The molecule has 0 amide bonds. The van der Waals surface area contributed by atoms with E-state index in [0.29, 0.717) is 0 Å². The molecular weight excluding hydrogens is 551 g/mol. The molecule has 3 aliphatic rings. The molecule has 2 aromatic rings. The second kappa shape index (κ2) is 8.23. The zero-order chi connectivity index (χ0) is 22.7. The van der Waals surface area contributed by atoms with Crippen LogP contribution in [0.5, 0.6) is 0 Å². The van der Waals surface area contributed by atoms with E-state index in [1.807, 2.05) is 0 Å². The van der Waals surface area contributed by atoms with Gasteiger partial charge in [-0.15, -0.1) is 0 Å². The molecule has 2 unspecified atom stereocenters. The normalized spacial score (nSPS) is 24.3. The SMILES string of the molecule is CCC[CH2][Hf]1([CH2]CCC)[CH]2C(C)=C(c3ccccc32)C(C)(C)C2=C(C)[CH]1c1ccccc12. The molecule has 0 fully saturated rings. The van der Waals surface area contributed by atoms with Crippen molar-refractivity contribution in [2.45, 2.75) is 82.9 Å². The molecule has 168 valence electrons. The van der Waals surface area contributed by atoms with Gasteiger partial charge in [0.2, 0.25) is 0 Å². The first-order valence-corrected chi connectivity index (χ1v) is 22.2. The van der Waals surface area contributed by atoms with Crippen LogP contribution >= 0.6 is 0 Å². The number of hydrogen-bond acceptors (Lipinski definition) is 0. The van der Waals surface area contributed by atoms with E-state index < -0.39 is 20.0 Å². The summed E-state index contributed by atoms with van der Waals surface area (Å²) in [6.45, 7) is 14.9. The summed E-state index contributed by atoms with van der Waals surface area (Å²) < 4.78 is 4.58. The quantitative estimate of drug-likeness (QED) is 0.294. The van der Waals surface area contributed by atoms with Crippen LogP contribution in [0.3, 0.4) is 0 Å². The Labute approximate surface area is 200 Å². The molecule has 1 aliphatic heterocycles. The molecule has 1 heterocycles. The molecule has 0 saturated heterocycles. The molecule has 1 heteroatoms. The fourth-order valence-electron chi connectivity index (χ4n) is 8.28. The van der Waals surface area contributed by atoms with E-state index in [0.717, 1.165) is 7.35 Å². The van der Waals surface area contributed by atoms with Crippen molar-refractivity contribution in [3.8, 4) is 0 Å². The van der Waals surface area contributed by atoms with Crippen LogP contribution in [0.2, 0.25) is 8.35 Å². The first-order chi connectivity index (χ1) is 15.4. The monoisotopic (exact) mass is 592 g/mol. The summed E-state index contributed by atoms with van der Waals surface area (Å²) in [6, 6.07) is 19.2. The van der Waals surface area contributed by atoms with Gasteiger partial charge in [-0.2, -0.15) is 0 Å².